The molecule has 2 aliphatic rings. The van der Waals surface area contributed by atoms with E-state index in [2.05, 4.69) is 5.32 Å². The lowest BCUT2D eigenvalue weighted by Gasteiger charge is -2.44. The van der Waals surface area contributed by atoms with Crippen molar-refractivity contribution in [2.75, 3.05) is 26.8 Å². The predicted octanol–water partition coefficient (Wildman–Crippen LogP) is 0.318. The van der Waals surface area contributed by atoms with E-state index < -0.39 is 5.60 Å². The Morgan fingerprint density at radius 3 is 2.79 bits per heavy atom. The van der Waals surface area contributed by atoms with Crippen molar-refractivity contribution in [2.45, 2.75) is 24.9 Å². The SMILES string of the molecule is COC(=O)C1(C2CCC2)CNCCO1. The largest absolute Gasteiger partial charge is 0.467 e. The maximum atomic E-state index is 11.7. The zero-order valence-electron chi connectivity index (χ0n) is 8.54. The third-order valence-electron chi connectivity index (χ3n) is 3.32. The number of rotatable bonds is 2. The molecule has 0 aromatic heterocycles. The summed E-state index contributed by atoms with van der Waals surface area (Å²) >= 11 is 0. The first-order valence-electron chi connectivity index (χ1n) is 5.23. The van der Waals surface area contributed by atoms with Gasteiger partial charge in [0.2, 0.25) is 0 Å². The second-order valence-electron chi connectivity index (χ2n) is 4.03. The second-order valence-corrected chi connectivity index (χ2v) is 4.03. The molecule has 0 radical (unpaired) electrons. The summed E-state index contributed by atoms with van der Waals surface area (Å²) in [6.45, 7) is 2.03. The summed E-state index contributed by atoms with van der Waals surface area (Å²) < 4.78 is 10.5. The number of carbonyl (C=O) groups is 1. The van der Waals surface area contributed by atoms with E-state index in [-0.39, 0.29) is 5.97 Å². The highest BCUT2D eigenvalue weighted by atomic mass is 16.6. The van der Waals surface area contributed by atoms with Crippen LogP contribution >= 0.6 is 0 Å². The summed E-state index contributed by atoms with van der Waals surface area (Å²) in [4.78, 5) is 11.7. The van der Waals surface area contributed by atoms with Crippen LogP contribution in [0.3, 0.4) is 0 Å². The minimum atomic E-state index is -0.689. The van der Waals surface area contributed by atoms with Crippen molar-refractivity contribution in [3.05, 3.63) is 0 Å². The second kappa shape index (κ2) is 3.87. The molecule has 1 aliphatic heterocycles. The van der Waals surface area contributed by atoms with Crippen molar-refractivity contribution >= 4 is 5.97 Å². The van der Waals surface area contributed by atoms with Crippen LogP contribution in [0.25, 0.3) is 0 Å². The molecule has 2 fully saturated rings. The Labute approximate surface area is 84.0 Å². The van der Waals surface area contributed by atoms with Gasteiger partial charge in [0.05, 0.1) is 13.7 Å². The van der Waals surface area contributed by atoms with Crippen LogP contribution < -0.4 is 5.32 Å². The first-order valence-corrected chi connectivity index (χ1v) is 5.23. The van der Waals surface area contributed by atoms with Gasteiger partial charge >= 0.3 is 5.97 Å². The molecular weight excluding hydrogens is 182 g/mol. The number of nitrogens with one attached hydrogen (secondary N) is 1. The van der Waals surface area contributed by atoms with Gasteiger partial charge in [-0.05, 0) is 12.8 Å². The Balaban J connectivity index is 2.13. The predicted molar refractivity (Wildman–Crippen MR) is 50.9 cm³/mol. The van der Waals surface area contributed by atoms with Crippen molar-refractivity contribution in [2.24, 2.45) is 5.92 Å². The average Bonchev–Trinajstić information content (AvgIpc) is 2.15. The van der Waals surface area contributed by atoms with E-state index in [9.17, 15) is 4.79 Å². The van der Waals surface area contributed by atoms with Gasteiger partial charge in [-0.2, -0.15) is 0 Å². The van der Waals surface area contributed by atoms with Gasteiger partial charge in [0, 0.05) is 19.0 Å². The molecule has 2 rings (SSSR count). The monoisotopic (exact) mass is 199 g/mol. The third-order valence-corrected chi connectivity index (χ3v) is 3.32. The fourth-order valence-corrected chi connectivity index (χ4v) is 2.24. The molecule has 4 nitrogen and oxygen atoms in total. The Kier molecular flexibility index (Phi) is 2.74. The number of esters is 1. The molecule has 14 heavy (non-hydrogen) atoms. The topological polar surface area (TPSA) is 47.6 Å². The van der Waals surface area contributed by atoms with Crippen LogP contribution in [0, 0.1) is 5.92 Å². The van der Waals surface area contributed by atoms with Crippen molar-refractivity contribution in [3.8, 4) is 0 Å². The van der Waals surface area contributed by atoms with Crippen LogP contribution in [0.1, 0.15) is 19.3 Å². The molecule has 1 saturated heterocycles. The van der Waals surface area contributed by atoms with E-state index >= 15 is 0 Å². The number of morpholine rings is 1. The van der Waals surface area contributed by atoms with Crippen molar-refractivity contribution in [3.63, 3.8) is 0 Å². The molecule has 0 aromatic rings. The van der Waals surface area contributed by atoms with Crippen LogP contribution in [0.15, 0.2) is 0 Å². The lowest BCUT2D eigenvalue weighted by Crippen LogP contribution is -2.61. The molecular formula is C10H17NO3. The molecule has 0 spiro atoms. The molecule has 1 heterocycles. The molecule has 1 N–H and O–H groups in total. The molecule has 4 heteroatoms. The van der Waals surface area contributed by atoms with E-state index in [1.54, 1.807) is 0 Å². The number of ether oxygens (including phenoxy) is 2. The minimum absolute atomic E-state index is 0.214. The molecule has 1 unspecified atom stereocenters. The summed E-state index contributed by atoms with van der Waals surface area (Å²) in [6.07, 6.45) is 3.36. The number of carbonyl (C=O) groups excluding carboxylic acids is 1. The van der Waals surface area contributed by atoms with E-state index in [0.717, 1.165) is 19.4 Å². The first-order chi connectivity index (χ1) is 6.79. The minimum Gasteiger partial charge on any atom is -0.467 e. The first kappa shape index (κ1) is 9.93. The Hall–Kier alpha value is -0.610. The highest BCUT2D eigenvalue weighted by Crippen LogP contribution is 2.39. The van der Waals surface area contributed by atoms with Gasteiger partial charge in [-0.25, -0.2) is 4.79 Å². The maximum Gasteiger partial charge on any atom is 0.339 e. The van der Waals surface area contributed by atoms with Crippen LogP contribution in [-0.4, -0.2) is 38.4 Å². The van der Waals surface area contributed by atoms with Crippen molar-refractivity contribution in [1.29, 1.82) is 0 Å². The van der Waals surface area contributed by atoms with Gasteiger partial charge in [0.25, 0.3) is 0 Å². The fraction of sp³-hybridized carbons (Fsp3) is 0.900. The number of hydrogen-bond acceptors (Lipinski definition) is 4. The molecule has 1 aliphatic carbocycles. The molecule has 0 aromatic carbocycles. The smallest absolute Gasteiger partial charge is 0.339 e. The number of hydrogen-bond donors (Lipinski definition) is 1. The lowest BCUT2D eigenvalue weighted by molar-refractivity contribution is -0.188. The fourth-order valence-electron chi connectivity index (χ4n) is 2.24. The van der Waals surface area contributed by atoms with Gasteiger partial charge < -0.3 is 14.8 Å². The number of methoxy groups -OCH3 is 1. The van der Waals surface area contributed by atoms with Crippen LogP contribution in [0.5, 0.6) is 0 Å². The Bertz CT molecular complexity index is 219. The Morgan fingerprint density at radius 1 is 1.57 bits per heavy atom. The molecule has 1 saturated carbocycles. The average molecular weight is 199 g/mol. The van der Waals surface area contributed by atoms with Crippen molar-refractivity contribution < 1.29 is 14.3 Å². The van der Waals surface area contributed by atoms with Crippen molar-refractivity contribution in [1.82, 2.24) is 5.32 Å². The lowest BCUT2D eigenvalue weighted by atomic mass is 9.72. The van der Waals surface area contributed by atoms with Gasteiger partial charge in [0.1, 0.15) is 0 Å². The summed E-state index contributed by atoms with van der Waals surface area (Å²) in [5.74, 6) is 0.136. The van der Waals surface area contributed by atoms with Crippen LogP contribution in [0.2, 0.25) is 0 Å². The zero-order valence-corrected chi connectivity index (χ0v) is 8.54. The van der Waals surface area contributed by atoms with E-state index in [1.807, 2.05) is 0 Å². The van der Waals surface area contributed by atoms with Gasteiger partial charge in [-0.3, -0.25) is 0 Å². The third kappa shape index (κ3) is 1.42. The molecule has 1 atom stereocenters. The summed E-state index contributed by atoms with van der Waals surface area (Å²) in [7, 11) is 1.43. The van der Waals surface area contributed by atoms with Crippen LogP contribution in [-0.2, 0) is 14.3 Å². The van der Waals surface area contributed by atoms with E-state index in [1.165, 1.54) is 13.5 Å². The van der Waals surface area contributed by atoms with Gasteiger partial charge in [-0.1, -0.05) is 6.42 Å². The summed E-state index contributed by atoms with van der Waals surface area (Å²) in [5.41, 5.74) is -0.689. The normalized spacial score (nSPS) is 33.5. The van der Waals surface area contributed by atoms with Gasteiger partial charge in [-0.15, -0.1) is 0 Å². The summed E-state index contributed by atoms with van der Waals surface area (Å²) in [6, 6.07) is 0. The molecule has 80 valence electrons. The van der Waals surface area contributed by atoms with Gasteiger partial charge in [0.15, 0.2) is 5.60 Å². The summed E-state index contributed by atoms with van der Waals surface area (Å²) in [5, 5.41) is 3.21. The Morgan fingerprint density at radius 2 is 2.36 bits per heavy atom. The van der Waals surface area contributed by atoms with E-state index in [4.69, 9.17) is 9.47 Å². The highest BCUT2D eigenvalue weighted by molar-refractivity contribution is 5.80. The standard InChI is InChI=1S/C10H17NO3/c1-13-9(12)10(8-3-2-4-8)7-11-5-6-14-10/h8,11H,2-7H2,1H3. The van der Waals surface area contributed by atoms with E-state index in [0.29, 0.717) is 19.1 Å². The molecule has 0 amide bonds. The quantitative estimate of drug-likeness (QED) is 0.651. The highest BCUT2D eigenvalue weighted by Gasteiger charge is 2.51. The maximum absolute atomic E-state index is 11.7. The van der Waals surface area contributed by atoms with Crippen LogP contribution in [0.4, 0.5) is 0 Å². The zero-order chi connectivity index (χ0) is 10.0. The molecule has 0 bridgehead atoms.